The van der Waals surface area contributed by atoms with Gasteiger partial charge >= 0.3 is 6.18 Å². The van der Waals surface area contributed by atoms with Crippen LogP contribution in [0.5, 0.6) is 5.75 Å². The van der Waals surface area contributed by atoms with Gasteiger partial charge in [0.1, 0.15) is 0 Å². The van der Waals surface area contributed by atoms with E-state index in [1.165, 1.54) is 12.1 Å². The lowest BCUT2D eigenvalue weighted by Crippen LogP contribution is -2.10. The van der Waals surface area contributed by atoms with Crippen molar-refractivity contribution in [1.82, 2.24) is 0 Å². The maximum atomic E-state index is 13.5. The molecule has 1 aromatic carbocycles. The van der Waals surface area contributed by atoms with E-state index < -0.39 is 24.3 Å². The zero-order valence-corrected chi connectivity index (χ0v) is 10.5. The van der Waals surface area contributed by atoms with Crippen LogP contribution in [0.2, 0.25) is 0 Å². The van der Waals surface area contributed by atoms with Crippen LogP contribution in [0, 0.1) is 5.82 Å². The molecule has 0 spiro atoms. The molecule has 0 atom stereocenters. The third kappa shape index (κ3) is 5.73. The summed E-state index contributed by atoms with van der Waals surface area (Å²) < 4.78 is 54.1. The molecule has 0 fully saturated rings. The number of hydrogen-bond donors (Lipinski definition) is 1. The predicted molar refractivity (Wildman–Crippen MR) is 66.0 cm³/mol. The molecule has 1 rings (SSSR count). The van der Waals surface area contributed by atoms with Crippen molar-refractivity contribution in [3.8, 4) is 5.75 Å². The molecule has 1 amide bonds. The van der Waals surface area contributed by atoms with Crippen LogP contribution in [0.3, 0.4) is 0 Å². The van der Waals surface area contributed by atoms with E-state index in [-0.39, 0.29) is 24.5 Å². The van der Waals surface area contributed by atoms with Crippen molar-refractivity contribution in [2.45, 2.75) is 19.0 Å². The van der Waals surface area contributed by atoms with Gasteiger partial charge in [-0.3, -0.25) is 4.79 Å². The van der Waals surface area contributed by atoms with Crippen LogP contribution in [0.15, 0.2) is 30.9 Å². The predicted octanol–water partition coefficient (Wildman–Crippen LogP) is 3.67. The van der Waals surface area contributed by atoms with E-state index in [2.05, 4.69) is 11.9 Å². The normalized spacial score (nSPS) is 11.0. The molecular weight excluding hydrogens is 278 g/mol. The fraction of sp³-hybridized carbons (Fsp3) is 0.308. The van der Waals surface area contributed by atoms with Crippen molar-refractivity contribution in [3.63, 3.8) is 0 Å². The smallest absolute Gasteiger partial charge is 0.389 e. The second kappa shape index (κ2) is 6.93. The molecule has 0 aromatic heterocycles. The van der Waals surface area contributed by atoms with Gasteiger partial charge in [0.25, 0.3) is 0 Å². The first-order chi connectivity index (χ1) is 9.31. The molecule has 1 aromatic rings. The van der Waals surface area contributed by atoms with Gasteiger partial charge in [0.05, 0.1) is 6.61 Å². The molecule has 0 aliphatic carbocycles. The van der Waals surface area contributed by atoms with Gasteiger partial charge in [0, 0.05) is 18.2 Å². The third-order valence-electron chi connectivity index (χ3n) is 2.25. The third-order valence-corrected chi connectivity index (χ3v) is 2.25. The van der Waals surface area contributed by atoms with Crippen molar-refractivity contribution >= 4 is 11.6 Å². The first-order valence-electron chi connectivity index (χ1n) is 5.74. The first-order valence-corrected chi connectivity index (χ1v) is 5.74. The summed E-state index contributed by atoms with van der Waals surface area (Å²) in [5, 5.41) is 2.35. The Morgan fingerprint density at radius 3 is 2.65 bits per heavy atom. The molecule has 1 N–H and O–H groups in total. The highest BCUT2D eigenvalue weighted by Gasteiger charge is 2.26. The van der Waals surface area contributed by atoms with E-state index in [1.807, 2.05) is 0 Å². The minimum absolute atomic E-state index is 0.163. The van der Waals surface area contributed by atoms with Gasteiger partial charge in [-0.15, -0.1) is 0 Å². The van der Waals surface area contributed by atoms with Crippen LogP contribution in [-0.2, 0) is 4.79 Å². The van der Waals surface area contributed by atoms with Crippen LogP contribution in [-0.4, -0.2) is 18.7 Å². The molecule has 0 saturated carbocycles. The van der Waals surface area contributed by atoms with E-state index in [1.54, 1.807) is 0 Å². The molecule has 0 aliphatic heterocycles. The number of ether oxygens (including phenoxy) is 1. The number of anilines is 1. The van der Waals surface area contributed by atoms with Gasteiger partial charge < -0.3 is 10.1 Å². The maximum Gasteiger partial charge on any atom is 0.389 e. The van der Waals surface area contributed by atoms with E-state index in [9.17, 15) is 22.4 Å². The number of benzene rings is 1. The molecule has 0 radical (unpaired) electrons. The highest BCUT2D eigenvalue weighted by atomic mass is 19.4. The lowest BCUT2D eigenvalue weighted by molar-refractivity contribution is -0.136. The zero-order valence-electron chi connectivity index (χ0n) is 10.5. The summed E-state index contributed by atoms with van der Waals surface area (Å²) in [5.41, 5.74) is 0.204. The number of halogens is 4. The van der Waals surface area contributed by atoms with Crippen LogP contribution >= 0.6 is 0 Å². The molecule has 0 heterocycles. The van der Waals surface area contributed by atoms with Crippen molar-refractivity contribution in [2.24, 2.45) is 0 Å². The Balaban J connectivity index is 2.51. The highest BCUT2D eigenvalue weighted by Crippen LogP contribution is 2.24. The molecule has 20 heavy (non-hydrogen) atoms. The van der Waals surface area contributed by atoms with E-state index in [4.69, 9.17) is 4.74 Å². The van der Waals surface area contributed by atoms with Crippen LogP contribution < -0.4 is 10.1 Å². The van der Waals surface area contributed by atoms with Crippen molar-refractivity contribution in [1.29, 1.82) is 0 Å². The minimum atomic E-state index is -4.25. The number of alkyl halides is 3. The van der Waals surface area contributed by atoms with Crippen LogP contribution in [0.1, 0.15) is 12.8 Å². The summed E-state index contributed by atoms with van der Waals surface area (Å²) in [6, 6.07) is 3.63. The summed E-state index contributed by atoms with van der Waals surface area (Å²) in [6.07, 6.45) is -4.46. The first kappa shape index (κ1) is 16.0. The fourth-order valence-electron chi connectivity index (χ4n) is 1.34. The Labute approximate surface area is 113 Å². The molecule has 0 bridgehead atoms. The van der Waals surface area contributed by atoms with Crippen molar-refractivity contribution in [2.75, 3.05) is 11.9 Å². The second-order valence-electron chi connectivity index (χ2n) is 3.91. The van der Waals surface area contributed by atoms with Crippen LogP contribution in [0.25, 0.3) is 0 Å². The maximum absolute atomic E-state index is 13.5. The van der Waals surface area contributed by atoms with E-state index >= 15 is 0 Å². The van der Waals surface area contributed by atoms with Gasteiger partial charge in [-0.1, -0.05) is 6.58 Å². The number of hydrogen-bond acceptors (Lipinski definition) is 2. The summed E-state index contributed by atoms with van der Waals surface area (Å²) >= 11 is 0. The molecule has 110 valence electrons. The summed E-state index contributed by atoms with van der Waals surface area (Å²) in [5.74, 6) is -1.43. The van der Waals surface area contributed by atoms with Crippen molar-refractivity contribution < 1.29 is 27.1 Å². The summed E-state index contributed by atoms with van der Waals surface area (Å²) in [7, 11) is 0. The average molecular weight is 291 g/mol. The average Bonchev–Trinajstić information content (AvgIpc) is 2.35. The van der Waals surface area contributed by atoms with Gasteiger partial charge in [0.15, 0.2) is 11.6 Å². The second-order valence-corrected chi connectivity index (χ2v) is 3.91. The zero-order chi connectivity index (χ0) is 15.2. The van der Waals surface area contributed by atoms with Gasteiger partial charge in [-0.25, -0.2) is 4.39 Å². The molecule has 7 heteroatoms. The van der Waals surface area contributed by atoms with E-state index in [0.717, 1.165) is 12.1 Å². The van der Waals surface area contributed by atoms with Gasteiger partial charge in [0.2, 0.25) is 5.91 Å². The minimum Gasteiger partial charge on any atom is -0.491 e. The monoisotopic (exact) mass is 291 g/mol. The Bertz CT molecular complexity index is 486. The topological polar surface area (TPSA) is 38.3 Å². The standard InChI is InChI=1S/C13H13F4NO2/c1-2-12(19)18-9-4-5-11(10(14)8-9)20-7-3-6-13(15,16)17/h2,4-5,8H,1,3,6-7H2,(H,18,19). The number of amides is 1. The van der Waals surface area contributed by atoms with Gasteiger partial charge in [-0.2, -0.15) is 13.2 Å². The molecule has 0 unspecified atom stereocenters. The largest absolute Gasteiger partial charge is 0.491 e. The van der Waals surface area contributed by atoms with E-state index in [0.29, 0.717) is 0 Å². The Hall–Kier alpha value is -2.05. The lowest BCUT2D eigenvalue weighted by atomic mass is 10.2. The Morgan fingerprint density at radius 1 is 1.40 bits per heavy atom. The Morgan fingerprint density at radius 2 is 2.10 bits per heavy atom. The van der Waals surface area contributed by atoms with Gasteiger partial charge in [-0.05, 0) is 24.6 Å². The number of carbonyl (C=O) groups excluding carboxylic acids is 1. The molecular formula is C13H13F4NO2. The summed E-state index contributed by atoms with van der Waals surface area (Å²) in [4.78, 5) is 11.0. The highest BCUT2D eigenvalue weighted by molar-refractivity contribution is 5.98. The SMILES string of the molecule is C=CC(=O)Nc1ccc(OCCCC(F)(F)F)c(F)c1. The number of carbonyl (C=O) groups is 1. The molecule has 3 nitrogen and oxygen atoms in total. The number of rotatable bonds is 6. The fourth-order valence-corrected chi connectivity index (χ4v) is 1.34. The van der Waals surface area contributed by atoms with Crippen LogP contribution in [0.4, 0.5) is 23.2 Å². The molecule has 0 aliphatic rings. The molecule has 0 saturated heterocycles. The summed E-state index contributed by atoms with van der Waals surface area (Å²) in [6.45, 7) is 3.00. The lowest BCUT2D eigenvalue weighted by Gasteiger charge is -2.10. The quantitative estimate of drug-likeness (QED) is 0.493. The Kier molecular flexibility index (Phi) is 5.54. The van der Waals surface area contributed by atoms with Crippen molar-refractivity contribution in [3.05, 3.63) is 36.7 Å². The number of nitrogens with one attached hydrogen (secondary N) is 1.